The van der Waals surface area contributed by atoms with Crippen LogP contribution < -0.4 is 0 Å². The molecule has 0 fully saturated rings. The first-order chi connectivity index (χ1) is 12.7. The van der Waals surface area contributed by atoms with Gasteiger partial charge in [-0.2, -0.15) is 0 Å². The van der Waals surface area contributed by atoms with E-state index in [2.05, 4.69) is 26.0 Å². The van der Waals surface area contributed by atoms with E-state index < -0.39 is 12.0 Å². The Hall–Kier alpha value is -1.74. The molecule has 0 aliphatic heterocycles. The van der Waals surface area contributed by atoms with Crippen molar-refractivity contribution in [3.8, 4) is 0 Å². The zero-order valence-corrected chi connectivity index (χ0v) is 18.0. The Bertz CT molecular complexity index is 578. The van der Waals surface area contributed by atoms with Gasteiger partial charge in [-0.05, 0) is 52.0 Å². The molecule has 3 heteroatoms. The van der Waals surface area contributed by atoms with E-state index in [1.807, 2.05) is 32.1 Å². The summed E-state index contributed by atoms with van der Waals surface area (Å²) in [5, 5.41) is 10.5. The van der Waals surface area contributed by atoms with Gasteiger partial charge in [0, 0.05) is 18.3 Å². The topological polar surface area (TPSA) is 54.4 Å². The van der Waals surface area contributed by atoms with E-state index in [1.165, 1.54) is 12.5 Å². The van der Waals surface area contributed by atoms with Gasteiger partial charge in [0.25, 0.3) is 0 Å². The van der Waals surface area contributed by atoms with E-state index in [0.29, 0.717) is 18.4 Å². The van der Waals surface area contributed by atoms with Crippen LogP contribution in [0.2, 0.25) is 0 Å². The third kappa shape index (κ3) is 10.9. The van der Waals surface area contributed by atoms with Crippen LogP contribution in [-0.4, -0.2) is 22.8 Å². The fourth-order valence-electron chi connectivity index (χ4n) is 2.75. The lowest BCUT2D eigenvalue weighted by atomic mass is 9.83. The second-order valence-corrected chi connectivity index (χ2v) is 7.37. The number of allylic oxidation sites excluding steroid dienone is 7. The summed E-state index contributed by atoms with van der Waals surface area (Å²) in [6.45, 7) is 11.4. The van der Waals surface area contributed by atoms with Crippen LogP contribution in [0.4, 0.5) is 0 Å². The van der Waals surface area contributed by atoms with Crippen molar-refractivity contribution in [1.29, 1.82) is 0 Å². The molecule has 27 heavy (non-hydrogen) atoms. The van der Waals surface area contributed by atoms with Gasteiger partial charge in [-0.1, -0.05) is 62.8 Å². The van der Waals surface area contributed by atoms with Crippen LogP contribution >= 0.6 is 0 Å². The maximum atomic E-state index is 12.7. The SMILES string of the molecule is CC/C(C)=C/C=C/C=C/CCC(C)C(=O)[C@H](CC)C(O)/C(C)=C/CC(C)=O. The molecule has 0 radical (unpaired) electrons. The van der Waals surface area contributed by atoms with Crippen molar-refractivity contribution in [1.82, 2.24) is 0 Å². The van der Waals surface area contributed by atoms with E-state index in [-0.39, 0.29) is 17.5 Å². The molecule has 3 atom stereocenters. The highest BCUT2D eigenvalue weighted by molar-refractivity contribution is 5.84. The van der Waals surface area contributed by atoms with Crippen molar-refractivity contribution >= 4 is 11.6 Å². The molecule has 0 rings (SSSR count). The largest absolute Gasteiger partial charge is 0.388 e. The number of aliphatic hydroxyl groups is 1. The first kappa shape index (κ1) is 25.3. The number of carbonyl (C=O) groups is 2. The van der Waals surface area contributed by atoms with Crippen molar-refractivity contribution in [2.24, 2.45) is 11.8 Å². The molecule has 0 bridgehead atoms. The van der Waals surface area contributed by atoms with E-state index in [1.54, 1.807) is 13.0 Å². The first-order valence-corrected chi connectivity index (χ1v) is 10.1. The van der Waals surface area contributed by atoms with Gasteiger partial charge in [-0.25, -0.2) is 0 Å². The highest BCUT2D eigenvalue weighted by Gasteiger charge is 2.29. The Kier molecular flexibility index (Phi) is 13.4. The zero-order chi connectivity index (χ0) is 20.8. The number of ketones is 2. The zero-order valence-electron chi connectivity index (χ0n) is 18.0. The minimum absolute atomic E-state index is 0.0514. The second-order valence-electron chi connectivity index (χ2n) is 7.37. The van der Waals surface area contributed by atoms with Crippen molar-refractivity contribution in [2.45, 2.75) is 79.8 Å². The van der Waals surface area contributed by atoms with Crippen LogP contribution in [-0.2, 0) is 9.59 Å². The highest BCUT2D eigenvalue weighted by atomic mass is 16.3. The van der Waals surface area contributed by atoms with Gasteiger partial charge in [-0.15, -0.1) is 0 Å². The van der Waals surface area contributed by atoms with E-state index in [4.69, 9.17) is 0 Å². The van der Waals surface area contributed by atoms with E-state index in [0.717, 1.165) is 19.3 Å². The molecular formula is C24H38O3. The number of hydrogen-bond acceptors (Lipinski definition) is 3. The highest BCUT2D eigenvalue weighted by Crippen LogP contribution is 2.23. The summed E-state index contributed by atoms with van der Waals surface area (Å²) in [4.78, 5) is 23.8. The second kappa shape index (κ2) is 14.3. The van der Waals surface area contributed by atoms with Gasteiger partial charge in [-0.3, -0.25) is 9.59 Å². The number of aliphatic hydroxyl groups excluding tert-OH is 1. The van der Waals surface area contributed by atoms with Gasteiger partial charge in [0.1, 0.15) is 11.6 Å². The summed E-state index contributed by atoms with van der Waals surface area (Å²) in [6.07, 6.45) is 14.7. The number of hydrogen-bond donors (Lipinski definition) is 1. The standard InChI is InChI=1S/C24H38O3/c1-7-18(3)14-12-10-9-11-13-15-19(4)23(26)22(8-2)24(27)20(5)16-17-21(6)25/h9-12,14,16,19,22,24,27H,7-8,13,15,17H2,1-6H3/b11-9+,12-10+,18-14+,20-16+/t19?,22-,24?/m0/s1. The first-order valence-electron chi connectivity index (χ1n) is 10.1. The van der Waals surface area contributed by atoms with Crippen molar-refractivity contribution < 1.29 is 14.7 Å². The Morgan fingerprint density at radius 2 is 1.70 bits per heavy atom. The minimum Gasteiger partial charge on any atom is -0.388 e. The van der Waals surface area contributed by atoms with Crippen LogP contribution in [0.1, 0.15) is 73.6 Å². The molecule has 0 aliphatic carbocycles. The molecule has 1 N–H and O–H groups in total. The van der Waals surface area contributed by atoms with Crippen LogP contribution in [0.25, 0.3) is 0 Å². The van der Waals surface area contributed by atoms with Gasteiger partial charge in [0.15, 0.2) is 0 Å². The summed E-state index contributed by atoms with van der Waals surface area (Å²) in [5.74, 6) is -0.350. The van der Waals surface area contributed by atoms with Crippen LogP contribution in [0.3, 0.4) is 0 Å². The van der Waals surface area contributed by atoms with Gasteiger partial charge in [0.2, 0.25) is 0 Å². The summed E-state index contributed by atoms with van der Waals surface area (Å²) in [5.41, 5.74) is 2.05. The summed E-state index contributed by atoms with van der Waals surface area (Å²) in [6, 6.07) is 0. The lowest BCUT2D eigenvalue weighted by Crippen LogP contribution is -2.32. The third-order valence-electron chi connectivity index (χ3n) is 4.91. The quantitative estimate of drug-likeness (QED) is 0.330. The molecule has 0 heterocycles. The molecule has 2 unspecified atom stereocenters. The summed E-state index contributed by atoms with van der Waals surface area (Å²) < 4.78 is 0. The molecule has 0 aliphatic rings. The molecule has 152 valence electrons. The normalized spacial score (nSPS) is 16.7. The fraction of sp³-hybridized carbons (Fsp3) is 0.583. The van der Waals surface area contributed by atoms with Gasteiger partial charge in [0.05, 0.1) is 6.10 Å². The molecule has 0 aromatic heterocycles. The van der Waals surface area contributed by atoms with Crippen molar-refractivity contribution in [3.05, 3.63) is 47.6 Å². The third-order valence-corrected chi connectivity index (χ3v) is 4.91. The molecule has 0 saturated heterocycles. The number of rotatable bonds is 13. The predicted molar refractivity (Wildman–Crippen MR) is 115 cm³/mol. The predicted octanol–water partition coefficient (Wildman–Crippen LogP) is 5.75. The maximum absolute atomic E-state index is 12.7. The van der Waals surface area contributed by atoms with Crippen molar-refractivity contribution in [2.75, 3.05) is 0 Å². The van der Waals surface area contributed by atoms with Gasteiger partial charge < -0.3 is 5.11 Å². The van der Waals surface area contributed by atoms with Crippen LogP contribution in [0.5, 0.6) is 0 Å². The van der Waals surface area contributed by atoms with E-state index >= 15 is 0 Å². The average molecular weight is 375 g/mol. The lowest BCUT2D eigenvalue weighted by molar-refractivity contribution is -0.129. The van der Waals surface area contributed by atoms with Gasteiger partial charge >= 0.3 is 0 Å². The number of carbonyl (C=O) groups excluding carboxylic acids is 2. The van der Waals surface area contributed by atoms with Crippen LogP contribution in [0.15, 0.2) is 47.6 Å². The minimum atomic E-state index is -0.809. The Balaban J connectivity index is 4.62. The molecular weight excluding hydrogens is 336 g/mol. The molecule has 3 nitrogen and oxygen atoms in total. The number of Topliss-reactive ketones (excluding diaryl/α,β-unsaturated/α-hetero) is 2. The summed E-state index contributed by atoms with van der Waals surface area (Å²) in [7, 11) is 0. The Morgan fingerprint density at radius 3 is 2.26 bits per heavy atom. The fourth-order valence-corrected chi connectivity index (χ4v) is 2.75. The van der Waals surface area contributed by atoms with E-state index in [9.17, 15) is 14.7 Å². The Morgan fingerprint density at radius 1 is 1.04 bits per heavy atom. The monoisotopic (exact) mass is 374 g/mol. The molecule has 0 aromatic carbocycles. The Labute approximate surface area is 165 Å². The van der Waals surface area contributed by atoms with Crippen molar-refractivity contribution in [3.63, 3.8) is 0 Å². The molecule has 0 aromatic rings. The molecule has 0 spiro atoms. The smallest absolute Gasteiger partial charge is 0.141 e. The summed E-state index contributed by atoms with van der Waals surface area (Å²) >= 11 is 0. The van der Waals surface area contributed by atoms with Crippen LogP contribution in [0, 0.1) is 11.8 Å². The lowest BCUT2D eigenvalue weighted by Gasteiger charge is -2.24. The average Bonchev–Trinajstić information content (AvgIpc) is 2.64. The molecule has 0 saturated carbocycles. The maximum Gasteiger partial charge on any atom is 0.141 e. The molecule has 0 amide bonds.